The van der Waals surface area contributed by atoms with Crippen LogP contribution >= 0.6 is 0 Å². The van der Waals surface area contributed by atoms with E-state index in [1.807, 2.05) is 13.8 Å². The highest BCUT2D eigenvalue weighted by atomic mass is 15.5. The van der Waals surface area contributed by atoms with Gasteiger partial charge in [0, 0.05) is 13.3 Å². The molecule has 1 atom stereocenters. The molecule has 0 aromatic carbocycles. The second kappa shape index (κ2) is 4.29. The molecule has 0 aliphatic carbocycles. The molecule has 0 spiro atoms. The van der Waals surface area contributed by atoms with Crippen LogP contribution in [0.5, 0.6) is 0 Å². The summed E-state index contributed by atoms with van der Waals surface area (Å²) >= 11 is 0. The van der Waals surface area contributed by atoms with E-state index < -0.39 is 0 Å². The molecule has 1 unspecified atom stereocenters. The van der Waals surface area contributed by atoms with Crippen LogP contribution in [0.25, 0.3) is 0 Å². The van der Waals surface area contributed by atoms with Crippen molar-refractivity contribution in [3.8, 4) is 0 Å². The maximum absolute atomic E-state index is 5.37. The summed E-state index contributed by atoms with van der Waals surface area (Å²) in [5.74, 6) is 5.37. The molecule has 4 nitrogen and oxygen atoms in total. The van der Waals surface area contributed by atoms with Crippen molar-refractivity contribution in [1.29, 1.82) is 0 Å². The molecule has 54 valence electrons. The summed E-state index contributed by atoms with van der Waals surface area (Å²) in [7, 11) is 1.78. The van der Waals surface area contributed by atoms with Crippen molar-refractivity contribution in [2.45, 2.75) is 20.0 Å². The van der Waals surface area contributed by atoms with Crippen molar-refractivity contribution in [2.75, 3.05) is 7.05 Å². The molecule has 0 heterocycles. The largest absolute Gasteiger partial charge is 0.292 e. The molecule has 0 saturated heterocycles. The van der Waals surface area contributed by atoms with Gasteiger partial charge in [0.25, 0.3) is 0 Å². The molecule has 3 N–H and O–H groups in total. The topological polar surface area (TPSA) is 53.7 Å². The third-order valence-corrected chi connectivity index (χ3v) is 1.00. The zero-order chi connectivity index (χ0) is 7.28. The molecule has 0 aliphatic heterocycles. The van der Waals surface area contributed by atoms with Gasteiger partial charge in [0.2, 0.25) is 0 Å². The molecular formula is C5H14N4. The van der Waals surface area contributed by atoms with Crippen LogP contribution in [0.4, 0.5) is 0 Å². The van der Waals surface area contributed by atoms with Gasteiger partial charge in [-0.15, -0.1) is 0 Å². The number of nitrogens with zero attached hydrogens (tertiary/aromatic N) is 2. The van der Waals surface area contributed by atoms with E-state index in [2.05, 4.69) is 10.5 Å². The third-order valence-electron chi connectivity index (χ3n) is 1.00. The molecule has 0 saturated carbocycles. The van der Waals surface area contributed by atoms with Crippen LogP contribution in [0.3, 0.4) is 0 Å². The minimum atomic E-state index is 0.0844. The number of hydrazine groups is 1. The second-order valence-corrected chi connectivity index (χ2v) is 1.86. The number of nitrogens with one attached hydrogen (secondary N) is 1. The maximum atomic E-state index is 5.37. The lowest BCUT2D eigenvalue weighted by atomic mass is 10.6. The van der Waals surface area contributed by atoms with Gasteiger partial charge in [0.05, 0.1) is 0 Å². The highest BCUT2D eigenvalue weighted by Crippen LogP contribution is 1.79. The lowest BCUT2D eigenvalue weighted by Crippen LogP contribution is -2.43. The Morgan fingerprint density at radius 1 is 1.78 bits per heavy atom. The van der Waals surface area contributed by atoms with E-state index in [1.54, 1.807) is 18.3 Å². The number of hydrogen-bond donors (Lipinski definition) is 2. The zero-order valence-electron chi connectivity index (χ0n) is 6.13. The van der Waals surface area contributed by atoms with E-state index >= 15 is 0 Å². The average molecular weight is 130 g/mol. The minimum absolute atomic E-state index is 0.0844. The third kappa shape index (κ3) is 3.93. The Morgan fingerprint density at radius 3 is 2.67 bits per heavy atom. The quantitative estimate of drug-likeness (QED) is 0.239. The Kier molecular flexibility index (Phi) is 4.00. The van der Waals surface area contributed by atoms with Crippen molar-refractivity contribution in [3.63, 3.8) is 0 Å². The minimum Gasteiger partial charge on any atom is -0.292 e. The molecule has 0 aromatic rings. The molecule has 0 aromatic heterocycles. The van der Waals surface area contributed by atoms with E-state index in [4.69, 9.17) is 5.84 Å². The summed E-state index contributed by atoms with van der Waals surface area (Å²) in [6, 6.07) is 0. The van der Waals surface area contributed by atoms with E-state index in [-0.39, 0.29) is 6.17 Å². The Bertz CT molecular complexity index is 89.0. The lowest BCUT2D eigenvalue weighted by molar-refractivity contribution is 0.229. The first kappa shape index (κ1) is 8.39. The predicted octanol–water partition coefficient (Wildman–Crippen LogP) is -0.267. The van der Waals surface area contributed by atoms with Gasteiger partial charge in [-0.05, 0) is 13.8 Å². The average Bonchev–Trinajstić information content (AvgIpc) is 1.82. The fraction of sp³-hybridized carbons (Fsp3) is 0.800. The van der Waals surface area contributed by atoms with Crippen LogP contribution in [-0.2, 0) is 0 Å². The van der Waals surface area contributed by atoms with Gasteiger partial charge in [0.1, 0.15) is 6.17 Å². The first-order valence-corrected chi connectivity index (χ1v) is 2.89. The molecule has 4 heteroatoms. The van der Waals surface area contributed by atoms with E-state index in [1.165, 1.54) is 0 Å². The van der Waals surface area contributed by atoms with Gasteiger partial charge in [-0.3, -0.25) is 11.3 Å². The molecule has 0 fully saturated rings. The summed E-state index contributed by atoms with van der Waals surface area (Å²) in [4.78, 5) is 0. The van der Waals surface area contributed by atoms with Crippen molar-refractivity contribution in [3.05, 3.63) is 0 Å². The van der Waals surface area contributed by atoms with Crippen LogP contribution < -0.4 is 11.3 Å². The SMILES string of the molecule is C/C=N\NC(C)N(C)N. The summed E-state index contributed by atoms with van der Waals surface area (Å²) in [6.07, 6.45) is 1.76. The fourth-order valence-corrected chi connectivity index (χ4v) is 0.273. The summed E-state index contributed by atoms with van der Waals surface area (Å²) in [5, 5.41) is 5.34. The molecule has 9 heavy (non-hydrogen) atoms. The standard InChI is InChI=1S/C5H14N4/c1-4-7-8-5(2)9(3)6/h4-5,8H,6H2,1-3H3/b7-4-. The summed E-state index contributed by atoms with van der Waals surface area (Å²) in [6.45, 7) is 3.77. The van der Waals surface area contributed by atoms with E-state index in [9.17, 15) is 0 Å². The molecule has 0 aliphatic rings. The smallest absolute Gasteiger partial charge is 0.105 e. The van der Waals surface area contributed by atoms with Gasteiger partial charge < -0.3 is 0 Å². The first-order chi connectivity index (χ1) is 4.18. The van der Waals surface area contributed by atoms with Crippen molar-refractivity contribution >= 4 is 6.21 Å². The molecule has 0 bridgehead atoms. The summed E-state index contributed by atoms with van der Waals surface area (Å²) in [5.41, 5.74) is 2.80. The molecule has 0 radical (unpaired) electrons. The second-order valence-electron chi connectivity index (χ2n) is 1.86. The van der Waals surface area contributed by atoms with Gasteiger partial charge in [0.15, 0.2) is 0 Å². The number of rotatable bonds is 3. The van der Waals surface area contributed by atoms with Crippen molar-refractivity contribution in [1.82, 2.24) is 10.4 Å². The lowest BCUT2D eigenvalue weighted by Gasteiger charge is -2.17. The Balaban J connectivity index is 3.38. The van der Waals surface area contributed by atoms with Crippen molar-refractivity contribution < 1.29 is 0 Å². The van der Waals surface area contributed by atoms with Crippen LogP contribution in [0.15, 0.2) is 5.10 Å². The van der Waals surface area contributed by atoms with E-state index in [0.29, 0.717) is 0 Å². The number of hydrazone groups is 1. The maximum Gasteiger partial charge on any atom is 0.105 e. The van der Waals surface area contributed by atoms with Gasteiger partial charge in [-0.1, -0.05) is 0 Å². The van der Waals surface area contributed by atoms with Gasteiger partial charge in [-0.2, -0.15) is 5.10 Å². The molecule has 0 rings (SSSR count). The highest BCUT2D eigenvalue weighted by Gasteiger charge is 1.98. The molecule has 0 amide bonds. The Hall–Kier alpha value is -0.610. The van der Waals surface area contributed by atoms with E-state index in [0.717, 1.165) is 0 Å². The normalized spacial score (nSPS) is 14.8. The first-order valence-electron chi connectivity index (χ1n) is 2.89. The fourth-order valence-electron chi connectivity index (χ4n) is 0.273. The van der Waals surface area contributed by atoms with Gasteiger partial charge in [-0.25, -0.2) is 5.01 Å². The van der Waals surface area contributed by atoms with Crippen molar-refractivity contribution in [2.24, 2.45) is 10.9 Å². The van der Waals surface area contributed by atoms with Crippen LogP contribution in [-0.4, -0.2) is 24.4 Å². The monoisotopic (exact) mass is 130 g/mol. The predicted molar refractivity (Wildman–Crippen MR) is 38.7 cm³/mol. The molecular weight excluding hydrogens is 116 g/mol. The number of nitrogens with two attached hydrogens (primary N) is 1. The van der Waals surface area contributed by atoms with Crippen LogP contribution in [0.1, 0.15) is 13.8 Å². The van der Waals surface area contributed by atoms with Crippen LogP contribution in [0.2, 0.25) is 0 Å². The Labute approximate surface area is 55.7 Å². The number of hydrogen-bond acceptors (Lipinski definition) is 4. The zero-order valence-corrected chi connectivity index (χ0v) is 6.13. The summed E-state index contributed by atoms with van der Waals surface area (Å²) < 4.78 is 0. The highest BCUT2D eigenvalue weighted by molar-refractivity contribution is 5.52. The van der Waals surface area contributed by atoms with Crippen LogP contribution in [0, 0.1) is 0 Å². The van der Waals surface area contributed by atoms with Gasteiger partial charge >= 0.3 is 0 Å². The Morgan fingerprint density at radius 2 is 2.33 bits per heavy atom.